The maximum absolute atomic E-state index is 12.4. The van der Waals surface area contributed by atoms with Crippen molar-refractivity contribution >= 4 is 10.8 Å². The fraction of sp³-hybridized carbons (Fsp3) is 0.600. The van der Waals surface area contributed by atoms with Gasteiger partial charge in [0.15, 0.2) is 0 Å². The van der Waals surface area contributed by atoms with E-state index >= 15 is 0 Å². The molecule has 0 bridgehead atoms. The van der Waals surface area contributed by atoms with Gasteiger partial charge in [0.1, 0.15) is 0 Å². The van der Waals surface area contributed by atoms with E-state index in [9.17, 15) is 4.21 Å². The van der Waals surface area contributed by atoms with Gasteiger partial charge in [0.2, 0.25) is 0 Å². The lowest BCUT2D eigenvalue weighted by molar-refractivity contribution is 0.440. The zero-order valence-electron chi connectivity index (χ0n) is 12.1. The van der Waals surface area contributed by atoms with Crippen molar-refractivity contribution in [3.63, 3.8) is 0 Å². The number of rotatable bonds is 6. The van der Waals surface area contributed by atoms with Gasteiger partial charge in [-0.15, -0.1) is 0 Å². The molecular formula is C15H25NOS. The Labute approximate surface area is 114 Å². The highest BCUT2D eigenvalue weighted by atomic mass is 32.2. The highest BCUT2D eigenvalue weighted by molar-refractivity contribution is 7.85. The van der Waals surface area contributed by atoms with Crippen molar-refractivity contribution in [3.05, 3.63) is 29.3 Å². The van der Waals surface area contributed by atoms with Gasteiger partial charge < -0.3 is 5.32 Å². The molecule has 1 N–H and O–H groups in total. The number of hydrogen-bond acceptors (Lipinski definition) is 2. The fourth-order valence-electron chi connectivity index (χ4n) is 1.86. The molecule has 1 aromatic carbocycles. The van der Waals surface area contributed by atoms with Crippen molar-refractivity contribution in [2.45, 2.75) is 45.6 Å². The minimum absolute atomic E-state index is 0.317. The Balaban J connectivity index is 2.77. The van der Waals surface area contributed by atoms with E-state index in [0.717, 1.165) is 11.4 Å². The summed E-state index contributed by atoms with van der Waals surface area (Å²) in [5.41, 5.74) is 2.47. The number of benzene rings is 1. The van der Waals surface area contributed by atoms with Gasteiger partial charge in [0.05, 0.1) is 10.8 Å². The first kappa shape index (κ1) is 15.4. The molecule has 3 heteroatoms. The highest BCUT2D eigenvalue weighted by Gasteiger charge is 2.16. The van der Waals surface area contributed by atoms with Gasteiger partial charge in [0, 0.05) is 16.7 Å². The van der Waals surface area contributed by atoms with Crippen molar-refractivity contribution in [3.8, 4) is 0 Å². The van der Waals surface area contributed by atoms with Gasteiger partial charge in [0.25, 0.3) is 0 Å². The molecule has 102 valence electrons. The third-order valence-electron chi connectivity index (χ3n) is 3.34. The van der Waals surface area contributed by atoms with Crippen LogP contribution in [0.25, 0.3) is 0 Å². The molecule has 0 radical (unpaired) electrons. The second-order valence-corrected chi connectivity index (χ2v) is 6.66. The predicted octanol–water partition coefficient (Wildman–Crippen LogP) is 3.05. The first-order valence-corrected chi connectivity index (χ1v) is 7.96. The average Bonchev–Trinajstić information content (AvgIpc) is 2.31. The molecule has 0 spiro atoms. The highest BCUT2D eigenvalue weighted by Crippen LogP contribution is 2.15. The summed E-state index contributed by atoms with van der Waals surface area (Å²) in [6.07, 6.45) is 0. The van der Waals surface area contributed by atoms with Crippen LogP contribution in [0, 0.1) is 19.8 Å². The van der Waals surface area contributed by atoms with Crippen molar-refractivity contribution < 1.29 is 4.21 Å². The Hall–Kier alpha value is -0.670. The van der Waals surface area contributed by atoms with E-state index in [4.69, 9.17) is 0 Å². The van der Waals surface area contributed by atoms with Crippen LogP contribution in [0.15, 0.2) is 23.1 Å². The standard InChI is InChI=1S/C15H25NOS/c1-6-16-15(11(2)3)10-18(17)14-8-7-12(4)13(5)9-14/h7-9,11,15-16H,6,10H2,1-5H3. The molecule has 0 aliphatic heterocycles. The van der Waals surface area contributed by atoms with Crippen molar-refractivity contribution in [1.82, 2.24) is 5.32 Å². The Morgan fingerprint density at radius 2 is 1.89 bits per heavy atom. The summed E-state index contributed by atoms with van der Waals surface area (Å²) in [7, 11) is -0.917. The molecule has 2 nitrogen and oxygen atoms in total. The topological polar surface area (TPSA) is 29.1 Å². The molecule has 0 heterocycles. The zero-order valence-corrected chi connectivity index (χ0v) is 12.9. The van der Waals surface area contributed by atoms with Crippen LogP contribution >= 0.6 is 0 Å². The van der Waals surface area contributed by atoms with Crippen molar-refractivity contribution in [1.29, 1.82) is 0 Å². The fourth-order valence-corrected chi connectivity index (χ4v) is 3.41. The van der Waals surface area contributed by atoms with Crippen LogP contribution in [-0.2, 0) is 10.8 Å². The molecule has 0 saturated carbocycles. The lowest BCUT2D eigenvalue weighted by Crippen LogP contribution is -2.38. The molecule has 0 fully saturated rings. The minimum Gasteiger partial charge on any atom is -0.313 e. The predicted molar refractivity (Wildman–Crippen MR) is 79.5 cm³/mol. The first-order chi connectivity index (χ1) is 8.45. The molecule has 1 aromatic rings. The first-order valence-electron chi connectivity index (χ1n) is 6.64. The molecule has 0 saturated heterocycles. The number of hydrogen-bond donors (Lipinski definition) is 1. The van der Waals surface area contributed by atoms with E-state index in [1.165, 1.54) is 11.1 Å². The summed E-state index contributed by atoms with van der Waals surface area (Å²) >= 11 is 0. The van der Waals surface area contributed by atoms with Crippen LogP contribution in [0.4, 0.5) is 0 Å². The van der Waals surface area contributed by atoms with Gasteiger partial charge in [-0.3, -0.25) is 4.21 Å². The van der Waals surface area contributed by atoms with Gasteiger partial charge >= 0.3 is 0 Å². The SMILES string of the molecule is CCNC(CS(=O)c1ccc(C)c(C)c1)C(C)C. The van der Waals surface area contributed by atoms with Gasteiger partial charge in [-0.05, 0) is 49.6 Å². The summed E-state index contributed by atoms with van der Waals surface area (Å²) in [6, 6.07) is 6.41. The second-order valence-electron chi connectivity index (χ2n) is 5.17. The van der Waals surface area contributed by atoms with E-state index in [-0.39, 0.29) is 0 Å². The molecule has 1 rings (SSSR count). The Morgan fingerprint density at radius 3 is 2.39 bits per heavy atom. The van der Waals surface area contributed by atoms with Crippen LogP contribution in [0.3, 0.4) is 0 Å². The molecule has 0 aromatic heterocycles. The van der Waals surface area contributed by atoms with Crippen LogP contribution in [-0.4, -0.2) is 22.5 Å². The summed E-state index contributed by atoms with van der Waals surface area (Å²) in [4.78, 5) is 0.946. The van der Waals surface area contributed by atoms with Gasteiger partial charge in [-0.2, -0.15) is 0 Å². The van der Waals surface area contributed by atoms with E-state index in [1.807, 2.05) is 6.07 Å². The Bertz CT molecular complexity index is 415. The molecule has 2 atom stereocenters. The van der Waals surface area contributed by atoms with Crippen LogP contribution < -0.4 is 5.32 Å². The van der Waals surface area contributed by atoms with Crippen LogP contribution in [0.1, 0.15) is 31.9 Å². The molecule has 0 aliphatic carbocycles. The largest absolute Gasteiger partial charge is 0.313 e. The van der Waals surface area contributed by atoms with E-state index in [0.29, 0.717) is 17.7 Å². The van der Waals surface area contributed by atoms with E-state index < -0.39 is 10.8 Å². The average molecular weight is 267 g/mol. The van der Waals surface area contributed by atoms with E-state index in [2.05, 4.69) is 52.1 Å². The number of aryl methyl sites for hydroxylation is 2. The van der Waals surface area contributed by atoms with Crippen molar-refractivity contribution in [2.75, 3.05) is 12.3 Å². The second kappa shape index (κ2) is 7.05. The summed E-state index contributed by atoms with van der Waals surface area (Å²) in [6.45, 7) is 11.5. The van der Waals surface area contributed by atoms with Crippen molar-refractivity contribution in [2.24, 2.45) is 5.92 Å². The molecule has 2 unspecified atom stereocenters. The molecular weight excluding hydrogens is 242 g/mol. The zero-order chi connectivity index (χ0) is 13.7. The number of nitrogens with one attached hydrogen (secondary N) is 1. The summed E-state index contributed by atoms with van der Waals surface area (Å²) < 4.78 is 12.4. The van der Waals surface area contributed by atoms with E-state index in [1.54, 1.807) is 0 Å². The van der Waals surface area contributed by atoms with Gasteiger partial charge in [-0.25, -0.2) is 0 Å². The summed E-state index contributed by atoms with van der Waals surface area (Å²) in [5, 5.41) is 3.42. The Kier molecular flexibility index (Phi) is 6.03. The lowest BCUT2D eigenvalue weighted by atomic mass is 10.1. The van der Waals surface area contributed by atoms with Crippen LogP contribution in [0.5, 0.6) is 0 Å². The Morgan fingerprint density at radius 1 is 1.22 bits per heavy atom. The quantitative estimate of drug-likeness (QED) is 0.858. The smallest absolute Gasteiger partial charge is 0.0545 e. The van der Waals surface area contributed by atoms with Gasteiger partial charge in [-0.1, -0.05) is 26.8 Å². The molecule has 18 heavy (non-hydrogen) atoms. The third-order valence-corrected chi connectivity index (χ3v) is 4.78. The summed E-state index contributed by atoms with van der Waals surface area (Å²) in [5.74, 6) is 1.19. The monoisotopic (exact) mass is 267 g/mol. The third kappa shape index (κ3) is 4.21. The lowest BCUT2D eigenvalue weighted by Gasteiger charge is -2.21. The maximum atomic E-state index is 12.4. The molecule has 0 aliphatic rings. The molecule has 0 amide bonds. The van der Waals surface area contributed by atoms with Crippen LogP contribution in [0.2, 0.25) is 0 Å². The minimum atomic E-state index is -0.917. The normalized spacial score (nSPS) is 14.8. The maximum Gasteiger partial charge on any atom is 0.0545 e.